The minimum absolute atomic E-state index is 0.366. The molecule has 0 radical (unpaired) electrons. The van der Waals surface area contributed by atoms with Crippen molar-refractivity contribution in [2.75, 3.05) is 20.3 Å². The highest BCUT2D eigenvalue weighted by atomic mass is 16.5. The van der Waals surface area contributed by atoms with E-state index in [9.17, 15) is 5.11 Å². The summed E-state index contributed by atoms with van der Waals surface area (Å²) in [5, 5.41) is 13.2. The maximum atomic E-state index is 9.92. The zero-order valence-electron chi connectivity index (χ0n) is 12.9. The van der Waals surface area contributed by atoms with E-state index in [1.165, 1.54) is 24.0 Å². The Balaban J connectivity index is 1.62. The molecule has 1 unspecified atom stereocenters. The van der Waals surface area contributed by atoms with Crippen LogP contribution in [-0.4, -0.2) is 37.6 Å². The van der Waals surface area contributed by atoms with Gasteiger partial charge in [-0.05, 0) is 24.0 Å². The van der Waals surface area contributed by atoms with Crippen LogP contribution in [0.5, 0.6) is 0 Å². The molecule has 0 bridgehead atoms. The molecule has 2 N–H and O–H groups in total. The summed E-state index contributed by atoms with van der Waals surface area (Å²) in [4.78, 5) is 0. The Morgan fingerprint density at radius 3 is 2.81 bits per heavy atom. The third-order valence-electron chi connectivity index (χ3n) is 3.84. The van der Waals surface area contributed by atoms with E-state index in [1.54, 1.807) is 7.11 Å². The average Bonchev–Trinajstić information content (AvgIpc) is 2.99. The van der Waals surface area contributed by atoms with Crippen LogP contribution in [0.25, 0.3) is 0 Å². The molecule has 118 valence electrons. The third kappa shape index (κ3) is 6.14. The maximum Gasteiger partial charge on any atom is 0.0897 e. The first-order chi connectivity index (χ1) is 10.3. The van der Waals surface area contributed by atoms with E-state index in [1.807, 2.05) is 6.07 Å². The van der Waals surface area contributed by atoms with Gasteiger partial charge in [0.05, 0.1) is 25.4 Å². The molecule has 0 aromatic heterocycles. The Bertz CT molecular complexity index is 405. The van der Waals surface area contributed by atoms with Crippen molar-refractivity contribution in [3.63, 3.8) is 0 Å². The third-order valence-corrected chi connectivity index (χ3v) is 3.84. The summed E-state index contributed by atoms with van der Waals surface area (Å²) in [5.41, 5.74) is 2.37. The quantitative estimate of drug-likeness (QED) is 0.733. The molecule has 0 aliphatic heterocycles. The van der Waals surface area contributed by atoms with Crippen molar-refractivity contribution in [2.45, 2.75) is 51.0 Å². The number of methoxy groups -OCH3 is 1. The van der Waals surface area contributed by atoms with Gasteiger partial charge in [-0.1, -0.05) is 37.1 Å². The zero-order chi connectivity index (χ0) is 14.9. The van der Waals surface area contributed by atoms with Gasteiger partial charge in [0.1, 0.15) is 0 Å². The molecule has 1 aliphatic rings. The van der Waals surface area contributed by atoms with Gasteiger partial charge in [0, 0.05) is 20.2 Å². The number of ether oxygens (including phenoxy) is 2. The van der Waals surface area contributed by atoms with Crippen molar-refractivity contribution in [3.05, 3.63) is 35.4 Å². The van der Waals surface area contributed by atoms with E-state index in [0.29, 0.717) is 25.9 Å². The first-order valence-electron chi connectivity index (χ1n) is 7.85. The highest BCUT2D eigenvalue weighted by Crippen LogP contribution is 2.20. The van der Waals surface area contributed by atoms with Crippen molar-refractivity contribution in [1.82, 2.24) is 5.32 Å². The highest BCUT2D eigenvalue weighted by Gasteiger charge is 2.16. The van der Waals surface area contributed by atoms with Crippen molar-refractivity contribution >= 4 is 0 Å². The average molecular weight is 293 g/mol. The van der Waals surface area contributed by atoms with Crippen molar-refractivity contribution in [3.8, 4) is 0 Å². The fourth-order valence-electron chi connectivity index (χ4n) is 2.74. The van der Waals surface area contributed by atoms with Crippen LogP contribution in [0, 0.1) is 0 Å². The number of benzene rings is 1. The van der Waals surface area contributed by atoms with Gasteiger partial charge in [-0.15, -0.1) is 0 Å². The maximum absolute atomic E-state index is 9.92. The number of rotatable bonds is 9. The lowest BCUT2D eigenvalue weighted by Crippen LogP contribution is -2.31. The Morgan fingerprint density at radius 2 is 2.05 bits per heavy atom. The standard InChI is InChI=1S/C17H27NO3/c1-20-12-15-6-4-5-14(9-15)10-18-11-16(19)13-21-17-7-2-3-8-17/h4-6,9,16-19H,2-3,7-8,10-13H2,1H3. The lowest BCUT2D eigenvalue weighted by molar-refractivity contribution is -0.00549. The van der Waals surface area contributed by atoms with E-state index in [4.69, 9.17) is 9.47 Å². The monoisotopic (exact) mass is 293 g/mol. The van der Waals surface area contributed by atoms with E-state index >= 15 is 0 Å². The molecular weight excluding hydrogens is 266 g/mol. The minimum atomic E-state index is -0.437. The van der Waals surface area contributed by atoms with Crippen molar-refractivity contribution < 1.29 is 14.6 Å². The first-order valence-corrected chi connectivity index (χ1v) is 7.85. The van der Waals surface area contributed by atoms with Gasteiger partial charge >= 0.3 is 0 Å². The van der Waals surface area contributed by atoms with Gasteiger partial charge in [0.25, 0.3) is 0 Å². The number of nitrogens with one attached hydrogen (secondary N) is 1. The van der Waals surface area contributed by atoms with Gasteiger partial charge in [0.2, 0.25) is 0 Å². The molecule has 0 spiro atoms. The molecule has 4 heteroatoms. The summed E-state index contributed by atoms with van der Waals surface area (Å²) in [6.45, 7) is 2.37. The smallest absolute Gasteiger partial charge is 0.0897 e. The Hall–Kier alpha value is -0.940. The molecule has 0 saturated heterocycles. The molecule has 0 heterocycles. The lowest BCUT2D eigenvalue weighted by Gasteiger charge is -2.16. The van der Waals surface area contributed by atoms with Crippen molar-refractivity contribution in [1.29, 1.82) is 0 Å². The summed E-state index contributed by atoms with van der Waals surface area (Å²) in [6.07, 6.45) is 4.74. The second-order valence-corrected chi connectivity index (χ2v) is 5.78. The fourth-order valence-corrected chi connectivity index (χ4v) is 2.74. The number of aliphatic hydroxyl groups is 1. The Morgan fingerprint density at radius 1 is 1.29 bits per heavy atom. The van der Waals surface area contributed by atoms with Crippen LogP contribution in [0.3, 0.4) is 0 Å². The van der Waals surface area contributed by atoms with Gasteiger partial charge < -0.3 is 19.9 Å². The predicted octanol–water partition coefficient (Wildman–Crippen LogP) is 2.24. The van der Waals surface area contributed by atoms with Crippen LogP contribution in [0.1, 0.15) is 36.8 Å². The van der Waals surface area contributed by atoms with Crippen LogP contribution < -0.4 is 5.32 Å². The SMILES string of the molecule is COCc1cccc(CNCC(O)COC2CCCC2)c1. The van der Waals surface area contributed by atoms with E-state index in [2.05, 4.69) is 23.5 Å². The molecular formula is C17H27NO3. The van der Waals surface area contributed by atoms with Gasteiger partial charge in [0.15, 0.2) is 0 Å². The molecule has 21 heavy (non-hydrogen) atoms. The van der Waals surface area contributed by atoms with Crippen LogP contribution >= 0.6 is 0 Å². The van der Waals surface area contributed by atoms with Gasteiger partial charge in [-0.25, -0.2) is 0 Å². The van der Waals surface area contributed by atoms with E-state index in [-0.39, 0.29) is 0 Å². The van der Waals surface area contributed by atoms with Crippen LogP contribution in [0.2, 0.25) is 0 Å². The van der Waals surface area contributed by atoms with Gasteiger partial charge in [-0.3, -0.25) is 0 Å². The number of hydrogen-bond acceptors (Lipinski definition) is 4. The molecule has 1 aromatic rings. The molecule has 1 fully saturated rings. The molecule has 2 rings (SSSR count). The second kappa shape index (κ2) is 9.15. The molecule has 1 aromatic carbocycles. The minimum Gasteiger partial charge on any atom is -0.389 e. The Labute approximate surface area is 127 Å². The summed E-state index contributed by atoms with van der Waals surface area (Å²) >= 11 is 0. The number of hydrogen-bond donors (Lipinski definition) is 2. The fraction of sp³-hybridized carbons (Fsp3) is 0.647. The Kier molecular flexibility index (Phi) is 7.16. The molecule has 4 nitrogen and oxygen atoms in total. The molecule has 1 atom stereocenters. The molecule has 1 saturated carbocycles. The van der Waals surface area contributed by atoms with E-state index in [0.717, 1.165) is 19.4 Å². The number of aliphatic hydroxyl groups excluding tert-OH is 1. The second-order valence-electron chi connectivity index (χ2n) is 5.78. The normalized spacial score (nSPS) is 17.2. The highest BCUT2D eigenvalue weighted by molar-refractivity contribution is 5.22. The summed E-state index contributed by atoms with van der Waals surface area (Å²) in [7, 11) is 1.70. The largest absolute Gasteiger partial charge is 0.389 e. The van der Waals surface area contributed by atoms with Gasteiger partial charge in [-0.2, -0.15) is 0 Å². The predicted molar refractivity (Wildman–Crippen MR) is 83.1 cm³/mol. The lowest BCUT2D eigenvalue weighted by atomic mass is 10.1. The van der Waals surface area contributed by atoms with E-state index < -0.39 is 6.10 Å². The van der Waals surface area contributed by atoms with Crippen molar-refractivity contribution in [2.24, 2.45) is 0 Å². The van der Waals surface area contributed by atoms with Crippen LogP contribution in [0.15, 0.2) is 24.3 Å². The summed E-state index contributed by atoms with van der Waals surface area (Å²) < 4.78 is 10.8. The van der Waals surface area contributed by atoms with Crippen LogP contribution in [0.4, 0.5) is 0 Å². The molecule has 1 aliphatic carbocycles. The zero-order valence-corrected chi connectivity index (χ0v) is 12.9. The molecule has 0 amide bonds. The summed E-state index contributed by atoms with van der Waals surface area (Å²) in [6, 6.07) is 8.29. The first kappa shape index (κ1) is 16.4. The topological polar surface area (TPSA) is 50.7 Å². The summed E-state index contributed by atoms with van der Waals surface area (Å²) in [5.74, 6) is 0. The van der Waals surface area contributed by atoms with Crippen LogP contribution in [-0.2, 0) is 22.6 Å².